The van der Waals surface area contributed by atoms with Gasteiger partial charge in [-0.05, 0) is 35.9 Å². The van der Waals surface area contributed by atoms with Gasteiger partial charge < -0.3 is 14.5 Å². The summed E-state index contributed by atoms with van der Waals surface area (Å²) in [6.07, 6.45) is 2.62. The monoisotopic (exact) mass is 441 g/mol. The summed E-state index contributed by atoms with van der Waals surface area (Å²) in [5, 5.41) is 10.4. The fourth-order valence-corrected chi connectivity index (χ4v) is 3.58. The maximum Gasteiger partial charge on any atom is 0.331 e. The molecule has 1 heterocycles. The van der Waals surface area contributed by atoms with Crippen LogP contribution in [0.1, 0.15) is 5.56 Å². The van der Waals surface area contributed by atoms with Crippen LogP contribution in [0.4, 0.5) is 11.4 Å². The molecule has 1 aliphatic rings. The zero-order chi connectivity index (χ0) is 21.8. The standard InChI is InChI=1S/C22H17Cl2N3O3/c1-26-18-5-3-4-6-19(18)27(2)22(26)16(12-25)20(28)13-30-21(29)10-8-14-7-9-15(23)11-17(14)24/h3-11H,13H2,1-2H3/b10-8+. The van der Waals surface area contributed by atoms with Gasteiger partial charge in [0.1, 0.15) is 17.5 Å². The Labute approximate surface area is 184 Å². The average Bonchev–Trinajstić information content (AvgIpc) is 2.98. The van der Waals surface area contributed by atoms with E-state index < -0.39 is 18.4 Å². The van der Waals surface area contributed by atoms with E-state index in [1.165, 1.54) is 6.08 Å². The molecule has 152 valence electrons. The molecular weight excluding hydrogens is 425 g/mol. The van der Waals surface area contributed by atoms with Gasteiger partial charge in [0.2, 0.25) is 5.78 Å². The second-order valence-electron chi connectivity index (χ2n) is 6.45. The van der Waals surface area contributed by atoms with Gasteiger partial charge in [-0.25, -0.2) is 4.79 Å². The van der Waals surface area contributed by atoms with E-state index in [2.05, 4.69) is 0 Å². The average molecular weight is 442 g/mol. The topological polar surface area (TPSA) is 73.6 Å². The van der Waals surface area contributed by atoms with Crippen LogP contribution in [0.5, 0.6) is 0 Å². The van der Waals surface area contributed by atoms with E-state index in [9.17, 15) is 14.9 Å². The predicted molar refractivity (Wildman–Crippen MR) is 117 cm³/mol. The Kier molecular flexibility index (Phi) is 6.46. The first-order valence-electron chi connectivity index (χ1n) is 8.87. The van der Waals surface area contributed by atoms with Crippen LogP contribution >= 0.6 is 23.2 Å². The molecule has 1 aliphatic heterocycles. The summed E-state index contributed by atoms with van der Waals surface area (Å²) in [5.74, 6) is -0.887. The van der Waals surface area contributed by atoms with E-state index in [1.54, 1.807) is 42.1 Å². The molecule has 0 saturated heterocycles. The van der Waals surface area contributed by atoms with Crippen LogP contribution in [0, 0.1) is 11.3 Å². The van der Waals surface area contributed by atoms with Crippen molar-refractivity contribution in [1.82, 2.24) is 0 Å². The fourth-order valence-electron chi connectivity index (χ4n) is 3.11. The number of benzene rings is 2. The molecule has 0 amide bonds. The van der Waals surface area contributed by atoms with E-state index >= 15 is 0 Å². The maximum atomic E-state index is 12.6. The van der Waals surface area contributed by atoms with Gasteiger partial charge in [0, 0.05) is 30.2 Å². The molecule has 0 atom stereocenters. The number of esters is 1. The number of anilines is 2. The van der Waals surface area contributed by atoms with Crippen molar-refractivity contribution in [2.45, 2.75) is 0 Å². The lowest BCUT2D eigenvalue weighted by molar-refractivity contribution is -0.141. The second-order valence-corrected chi connectivity index (χ2v) is 7.29. The van der Waals surface area contributed by atoms with Crippen molar-refractivity contribution >= 4 is 52.4 Å². The minimum absolute atomic E-state index is 0.0891. The number of hydrogen-bond acceptors (Lipinski definition) is 6. The van der Waals surface area contributed by atoms with Crippen molar-refractivity contribution in [3.8, 4) is 6.07 Å². The van der Waals surface area contributed by atoms with Gasteiger partial charge in [0.15, 0.2) is 6.61 Å². The van der Waals surface area contributed by atoms with E-state index in [-0.39, 0.29) is 5.57 Å². The Bertz CT molecular complexity index is 1090. The van der Waals surface area contributed by atoms with Crippen molar-refractivity contribution < 1.29 is 14.3 Å². The maximum absolute atomic E-state index is 12.6. The van der Waals surface area contributed by atoms with Gasteiger partial charge in [-0.3, -0.25) is 4.79 Å². The molecule has 3 rings (SSSR count). The summed E-state index contributed by atoms with van der Waals surface area (Å²) in [6, 6.07) is 14.3. The van der Waals surface area contributed by atoms with E-state index in [1.807, 2.05) is 30.3 Å². The molecule has 2 aromatic rings. The number of ether oxygens (including phenoxy) is 1. The van der Waals surface area contributed by atoms with Crippen LogP contribution in [-0.2, 0) is 14.3 Å². The Morgan fingerprint density at radius 1 is 1.10 bits per heavy atom. The highest BCUT2D eigenvalue weighted by molar-refractivity contribution is 6.35. The van der Waals surface area contributed by atoms with Crippen molar-refractivity contribution in [2.24, 2.45) is 0 Å². The van der Waals surface area contributed by atoms with Gasteiger partial charge in [-0.15, -0.1) is 0 Å². The lowest BCUT2D eigenvalue weighted by atomic mass is 10.2. The zero-order valence-corrected chi connectivity index (χ0v) is 17.7. The molecule has 0 radical (unpaired) electrons. The zero-order valence-electron chi connectivity index (χ0n) is 16.2. The first-order chi connectivity index (χ1) is 14.3. The van der Waals surface area contributed by atoms with Gasteiger partial charge in [-0.1, -0.05) is 41.4 Å². The number of nitriles is 1. The number of Topliss-reactive ketones (excluding diaryl/α,β-unsaturated/α-hetero) is 1. The number of ketones is 1. The number of para-hydroxylation sites is 2. The number of halogens is 2. The third-order valence-electron chi connectivity index (χ3n) is 4.56. The third kappa shape index (κ3) is 4.33. The molecule has 0 unspecified atom stereocenters. The van der Waals surface area contributed by atoms with Gasteiger partial charge in [0.25, 0.3) is 0 Å². The van der Waals surface area contributed by atoms with E-state index in [0.717, 1.165) is 17.5 Å². The van der Waals surface area contributed by atoms with Crippen molar-refractivity contribution in [3.63, 3.8) is 0 Å². The van der Waals surface area contributed by atoms with Gasteiger partial charge in [0.05, 0.1) is 11.4 Å². The minimum Gasteiger partial charge on any atom is -0.454 e. The molecule has 30 heavy (non-hydrogen) atoms. The number of carbonyl (C=O) groups is 2. The molecule has 0 bridgehead atoms. The van der Waals surface area contributed by atoms with Crippen LogP contribution in [0.25, 0.3) is 6.08 Å². The molecule has 0 saturated carbocycles. The van der Waals surface area contributed by atoms with Crippen molar-refractivity contribution in [3.05, 3.63) is 75.5 Å². The lowest BCUT2D eigenvalue weighted by Crippen LogP contribution is -2.27. The molecule has 0 aromatic heterocycles. The normalized spacial score (nSPS) is 12.7. The summed E-state index contributed by atoms with van der Waals surface area (Å²) in [4.78, 5) is 28.1. The second kappa shape index (κ2) is 9.04. The number of fused-ring (bicyclic) bond motifs is 1. The number of hydrogen-bond donors (Lipinski definition) is 0. The highest BCUT2D eigenvalue weighted by Gasteiger charge is 2.31. The molecule has 0 spiro atoms. The number of carbonyl (C=O) groups excluding carboxylic acids is 2. The number of rotatable bonds is 5. The molecule has 0 N–H and O–H groups in total. The largest absolute Gasteiger partial charge is 0.454 e. The quantitative estimate of drug-likeness (QED) is 0.387. The first kappa shape index (κ1) is 21.4. The predicted octanol–water partition coefficient (Wildman–Crippen LogP) is 4.44. The summed E-state index contributed by atoms with van der Waals surface area (Å²) in [7, 11) is 3.54. The van der Waals surface area contributed by atoms with Crippen LogP contribution in [0.3, 0.4) is 0 Å². The van der Waals surface area contributed by atoms with E-state index in [4.69, 9.17) is 27.9 Å². The highest BCUT2D eigenvalue weighted by Crippen LogP contribution is 2.40. The Balaban J connectivity index is 1.71. The highest BCUT2D eigenvalue weighted by atomic mass is 35.5. The minimum atomic E-state index is -0.729. The SMILES string of the molecule is CN1C(=C(C#N)C(=O)COC(=O)/C=C/c2ccc(Cl)cc2Cl)N(C)c2ccccc21. The van der Waals surface area contributed by atoms with Gasteiger partial charge in [-0.2, -0.15) is 5.26 Å². The summed E-state index contributed by atoms with van der Waals surface area (Å²) < 4.78 is 5.01. The third-order valence-corrected chi connectivity index (χ3v) is 5.12. The summed E-state index contributed by atoms with van der Waals surface area (Å²) in [5.41, 5.74) is 2.23. The molecule has 0 aliphatic carbocycles. The molecule has 8 heteroatoms. The smallest absolute Gasteiger partial charge is 0.331 e. The number of nitrogens with zero attached hydrogens (tertiary/aromatic N) is 3. The van der Waals surface area contributed by atoms with Crippen LogP contribution < -0.4 is 9.80 Å². The molecular formula is C22H17Cl2N3O3. The Morgan fingerprint density at radius 3 is 2.30 bits per heavy atom. The van der Waals surface area contributed by atoms with Crippen LogP contribution in [0.15, 0.2) is 59.9 Å². The molecule has 2 aromatic carbocycles. The lowest BCUT2D eigenvalue weighted by Gasteiger charge is -2.19. The molecule has 0 fully saturated rings. The van der Waals surface area contributed by atoms with Crippen molar-refractivity contribution in [2.75, 3.05) is 30.5 Å². The summed E-state index contributed by atoms with van der Waals surface area (Å²) in [6.45, 7) is -0.554. The van der Waals surface area contributed by atoms with Crippen molar-refractivity contribution in [1.29, 1.82) is 5.26 Å². The Morgan fingerprint density at radius 2 is 1.73 bits per heavy atom. The van der Waals surface area contributed by atoms with E-state index in [0.29, 0.717) is 21.4 Å². The Hall–Kier alpha value is -3.27. The fraction of sp³-hybridized carbons (Fsp3) is 0.136. The summed E-state index contributed by atoms with van der Waals surface area (Å²) >= 11 is 11.9. The van der Waals surface area contributed by atoms with Crippen LogP contribution in [0.2, 0.25) is 10.0 Å². The van der Waals surface area contributed by atoms with Crippen LogP contribution in [-0.4, -0.2) is 32.5 Å². The molecule has 6 nitrogen and oxygen atoms in total. The van der Waals surface area contributed by atoms with Gasteiger partial charge >= 0.3 is 5.97 Å². The first-order valence-corrected chi connectivity index (χ1v) is 9.63.